The van der Waals surface area contributed by atoms with Gasteiger partial charge in [-0.05, 0) is 22.8 Å². The topological polar surface area (TPSA) is 26.1 Å². The summed E-state index contributed by atoms with van der Waals surface area (Å²) in [5.41, 5.74) is 7.14. The van der Waals surface area contributed by atoms with Crippen LogP contribution in [0.15, 0.2) is 84.9 Å². The molecule has 1 aliphatic rings. The van der Waals surface area contributed by atoms with Gasteiger partial charge in [-0.15, -0.1) is 0 Å². The second-order valence-corrected chi connectivity index (χ2v) is 5.87. The fraction of sp³-hybridized carbons (Fsp3) is 0.0455. The molecule has 0 N–H and O–H groups in total. The van der Waals surface area contributed by atoms with Gasteiger partial charge in [-0.1, -0.05) is 78.9 Å². The van der Waals surface area contributed by atoms with Crippen molar-refractivity contribution in [2.75, 3.05) is 7.05 Å². The maximum atomic E-state index is 12.4. The lowest BCUT2D eigenvalue weighted by molar-refractivity contribution is -0.420. The lowest BCUT2D eigenvalue weighted by Gasteiger charge is -2.09. The average molecular weight is 311 g/mol. The Morgan fingerprint density at radius 3 is 1.58 bits per heavy atom. The van der Waals surface area contributed by atoms with E-state index in [0.717, 1.165) is 43.9 Å². The van der Waals surface area contributed by atoms with Crippen LogP contribution in [0.1, 0.15) is 22.3 Å². The van der Waals surface area contributed by atoms with Crippen molar-refractivity contribution in [3.05, 3.63) is 112 Å². The Bertz CT molecular complexity index is 950. The maximum Gasteiger partial charge on any atom is 0.227 e. The molecule has 0 fully saturated rings. The molecule has 3 aromatic rings. The second-order valence-electron chi connectivity index (χ2n) is 5.87. The number of hydroxylamine groups is 1. The van der Waals surface area contributed by atoms with Crippen molar-refractivity contribution in [3.8, 4) is 0 Å². The lowest BCUT2D eigenvalue weighted by Crippen LogP contribution is -2.13. The van der Waals surface area contributed by atoms with Crippen molar-refractivity contribution in [1.29, 1.82) is 0 Å². The van der Waals surface area contributed by atoms with Gasteiger partial charge in [0.1, 0.15) is 7.05 Å². The summed E-state index contributed by atoms with van der Waals surface area (Å²) in [5.74, 6) is 0. The molecule has 0 saturated carbocycles. The van der Waals surface area contributed by atoms with Crippen molar-refractivity contribution in [1.82, 2.24) is 0 Å². The SMILES string of the molecule is C[N+]([O-])=C1C(c2ccccc2)=C(c2ccccc2)c2ccccc21. The Labute approximate surface area is 141 Å². The fourth-order valence-electron chi connectivity index (χ4n) is 3.41. The van der Waals surface area contributed by atoms with E-state index in [4.69, 9.17) is 0 Å². The van der Waals surface area contributed by atoms with E-state index in [-0.39, 0.29) is 0 Å². The second kappa shape index (κ2) is 5.82. The molecule has 24 heavy (non-hydrogen) atoms. The summed E-state index contributed by atoms with van der Waals surface area (Å²) in [6.45, 7) is 0. The largest absolute Gasteiger partial charge is 0.624 e. The monoisotopic (exact) mass is 311 g/mol. The average Bonchev–Trinajstić information content (AvgIpc) is 2.98. The maximum absolute atomic E-state index is 12.4. The Morgan fingerprint density at radius 1 is 0.583 bits per heavy atom. The van der Waals surface area contributed by atoms with E-state index in [9.17, 15) is 5.21 Å². The van der Waals surface area contributed by atoms with Crippen LogP contribution in [-0.2, 0) is 0 Å². The molecule has 2 nitrogen and oxygen atoms in total. The van der Waals surface area contributed by atoms with Crippen LogP contribution in [0.3, 0.4) is 0 Å². The van der Waals surface area contributed by atoms with E-state index in [1.807, 2.05) is 54.6 Å². The zero-order chi connectivity index (χ0) is 16.5. The third-order valence-corrected chi connectivity index (χ3v) is 4.38. The highest BCUT2D eigenvalue weighted by Crippen LogP contribution is 2.42. The molecule has 0 amide bonds. The molecule has 0 atom stereocenters. The van der Waals surface area contributed by atoms with E-state index in [0.29, 0.717) is 0 Å². The summed E-state index contributed by atoms with van der Waals surface area (Å²) in [6, 6.07) is 28.6. The summed E-state index contributed by atoms with van der Waals surface area (Å²) >= 11 is 0. The molecule has 0 aliphatic heterocycles. The Morgan fingerprint density at radius 2 is 1.04 bits per heavy atom. The zero-order valence-electron chi connectivity index (χ0n) is 13.4. The minimum atomic E-state index is 0.732. The summed E-state index contributed by atoms with van der Waals surface area (Å²) in [5, 5.41) is 12.4. The van der Waals surface area contributed by atoms with Crippen molar-refractivity contribution in [2.24, 2.45) is 0 Å². The first-order valence-electron chi connectivity index (χ1n) is 8.00. The highest BCUT2D eigenvalue weighted by Gasteiger charge is 2.33. The normalized spacial score (nSPS) is 15.4. The number of hydrogen-bond acceptors (Lipinski definition) is 1. The number of benzene rings is 3. The van der Waals surface area contributed by atoms with Gasteiger partial charge in [0, 0.05) is 5.57 Å². The predicted molar refractivity (Wildman–Crippen MR) is 98.9 cm³/mol. The summed E-state index contributed by atoms with van der Waals surface area (Å²) < 4.78 is 0.983. The number of fused-ring (bicyclic) bond motifs is 1. The molecule has 3 aromatic carbocycles. The van der Waals surface area contributed by atoms with Gasteiger partial charge >= 0.3 is 0 Å². The van der Waals surface area contributed by atoms with Crippen LogP contribution in [0, 0.1) is 5.21 Å². The molecular weight excluding hydrogens is 294 g/mol. The third-order valence-electron chi connectivity index (χ3n) is 4.38. The first-order valence-corrected chi connectivity index (χ1v) is 8.00. The highest BCUT2D eigenvalue weighted by atomic mass is 16.5. The summed E-state index contributed by atoms with van der Waals surface area (Å²) in [4.78, 5) is 0. The van der Waals surface area contributed by atoms with Crippen molar-refractivity contribution < 1.29 is 4.74 Å². The van der Waals surface area contributed by atoms with Crippen molar-refractivity contribution in [3.63, 3.8) is 0 Å². The van der Waals surface area contributed by atoms with Crippen molar-refractivity contribution in [2.45, 2.75) is 0 Å². The fourth-order valence-corrected chi connectivity index (χ4v) is 3.41. The molecular formula is C22H17NO. The van der Waals surface area contributed by atoms with Gasteiger partial charge in [-0.3, -0.25) is 0 Å². The van der Waals surface area contributed by atoms with Gasteiger partial charge in [0.2, 0.25) is 5.71 Å². The molecule has 0 aromatic heterocycles. The smallest absolute Gasteiger partial charge is 0.227 e. The van der Waals surface area contributed by atoms with E-state index in [1.165, 1.54) is 0 Å². The lowest BCUT2D eigenvalue weighted by atomic mass is 9.94. The first-order chi connectivity index (χ1) is 11.8. The van der Waals surface area contributed by atoms with E-state index in [2.05, 4.69) is 30.3 Å². The predicted octanol–water partition coefficient (Wildman–Crippen LogP) is 4.59. The van der Waals surface area contributed by atoms with Crippen LogP contribution in [0.25, 0.3) is 11.1 Å². The number of rotatable bonds is 2. The quantitative estimate of drug-likeness (QED) is 0.386. The molecule has 0 spiro atoms. The van der Waals surface area contributed by atoms with Gasteiger partial charge in [0.25, 0.3) is 0 Å². The van der Waals surface area contributed by atoms with E-state index < -0.39 is 0 Å². The molecule has 116 valence electrons. The van der Waals surface area contributed by atoms with Crippen LogP contribution >= 0.6 is 0 Å². The van der Waals surface area contributed by atoms with Crippen LogP contribution < -0.4 is 0 Å². The van der Waals surface area contributed by atoms with Gasteiger partial charge in [-0.2, -0.15) is 0 Å². The molecule has 0 unspecified atom stereocenters. The molecule has 0 heterocycles. The van der Waals surface area contributed by atoms with E-state index >= 15 is 0 Å². The number of allylic oxidation sites excluding steroid dienone is 1. The van der Waals surface area contributed by atoms with Crippen LogP contribution in [0.2, 0.25) is 0 Å². The van der Waals surface area contributed by atoms with Gasteiger partial charge < -0.3 is 5.21 Å². The first kappa shape index (κ1) is 14.5. The number of nitrogens with zero attached hydrogens (tertiary/aromatic N) is 1. The molecule has 0 saturated heterocycles. The minimum Gasteiger partial charge on any atom is -0.624 e. The van der Waals surface area contributed by atoms with Gasteiger partial charge in [0.15, 0.2) is 0 Å². The minimum absolute atomic E-state index is 0.732. The molecule has 4 rings (SSSR count). The van der Waals surface area contributed by atoms with Gasteiger partial charge in [0.05, 0.1) is 11.1 Å². The molecule has 1 aliphatic carbocycles. The Balaban J connectivity index is 2.12. The Hall–Kier alpha value is -3.13. The molecule has 0 bridgehead atoms. The van der Waals surface area contributed by atoms with Gasteiger partial charge in [-0.25, -0.2) is 4.74 Å². The highest BCUT2D eigenvalue weighted by molar-refractivity contribution is 6.41. The van der Waals surface area contributed by atoms with Crippen LogP contribution in [-0.4, -0.2) is 17.5 Å². The number of hydrogen-bond donors (Lipinski definition) is 0. The van der Waals surface area contributed by atoms with E-state index in [1.54, 1.807) is 7.05 Å². The zero-order valence-corrected chi connectivity index (χ0v) is 13.4. The third kappa shape index (κ3) is 2.24. The summed E-state index contributed by atoms with van der Waals surface area (Å²) in [6.07, 6.45) is 0. The molecule has 2 heteroatoms. The van der Waals surface area contributed by atoms with Crippen LogP contribution in [0.5, 0.6) is 0 Å². The van der Waals surface area contributed by atoms with Crippen molar-refractivity contribution >= 4 is 16.9 Å². The Kier molecular flexibility index (Phi) is 3.51. The standard InChI is InChI=1S/C22H17NO/c1-23(24)22-19-15-9-8-14-18(19)20(16-10-4-2-5-11-16)21(22)17-12-6-3-7-13-17/h2-15H,1H3. The summed E-state index contributed by atoms with van der Waals surface area (Å²) in [7, 11) is 1.57. The van der Waals surface area contributed by atoms with Crippen LogP contribution in [0.4, 0.5) is 0 Å². The molecule has 0 radical (unpaired) electrons.